The number of carbonyl (C=O) groups is 1. The minimum atomic E-state index is -0.169. The summed E-state index contributed by atoms with van der Waals surface area (Å²) < 4.78 is 2.67. The van der Waals surface area contributed by atoms with Gasteiger partial charge in [-0.05, 0) is 24.1 Å². The third-order valence-electron chi connectivity index (χ3n) is 2.75. The molecular weight excluding hydrogens is 274 g/mol. The molecule has 0 radical (unpaired) electrons. The first kappa shape index (κ1) is 14.7. The van der Waals surface area contributed by atoms with E-state index in [9.17, 15) is 4.79 Å². The van der Waals surface area contributed by atoms with Gasteiger partial charge in [-0.25, -0.2) is 9.78 Å². The number of aromatic amines is 1. The first-order valence-electron chi connectivity index (χ1n) is 6.53. The number of hydrogen-bond acceptors (Lipinski definition) is 4. The number of urea groups is 1. The van der Waals surface area contributed by atoms with E-state index >= 15 is 0 Å². The number of para-hydroxylation sites is 2. The maximum atomic E-state index is 10.9. The van der Waals surface area contributed by atoms with Crippen LogP contribution in [0.3, 0.4) is 0 Å². The summed E-state index contributed by atoms with van der Waals surface area (Å²) in [5.41, 5.74) is 2.08. The van der Waals surface area contributed by atoms with Crippen molar-refractivity contribution in [1.82, 2.24) is 25.3 Å². The van der Waals surface area contributed by atoms with Crippen LogP contribution in [0.2, 0.25) is 0 Å². The minimum absolute atomic E-state index is 0.169. The molecule has 7 heteroatoms. The monoisotopic (exact) mass is 293 g/mol. The molecule has 0 fully saturated rings. The average Bonchev–Trinajstić information content (AvgIpc) is 2.88. The van der Waals surface area contributed by atoms with Crippen molar-refractivity contribution >= 4 is 29.0 Å². The van der Waals surface area contributed by atoms with E-state index in [0.717, 1.165) is 42.1 Å². The molecule has 108 valence electrons. The quantitative estimate of drug-likeness (QED) is 0.458. The van der Waals surface area contributed by atoms with E-state index in [0.29, 0.717) is 0 Å². The van der Waals surface area contributed by atoms with Gasteiger partial charge in [0.1, 0.15) is 5.82 Å². The number of hydrogen-bond donors (Lipinski definition) is 4. The number of fused-ring (bicyclic) bond motifs is 1. The van der Waals surface area contributed by atoms with Crippen LogP contribution in [-0.2, 0) is 6.42 Å². The summed E-state index contributed by atoms with van der Waals surface area (Å²) in [5.74, 6) is 1.82. The molecule has 2 aromatic rings. The van der Waals surface area contributed by atoms with E-state index in [1.165, 1.54) is 11.9 Å². The molecule has 0 unspecified atom stereocenters. The van der Waals surface area contributed by atoms with Crippen molar-refractivity contribution in [2.45, 2.75) is 6.42 Å². The maximum Gasteiger partial charge on any atom is 0.324 e. The highest BCUT2D eigenvalue weighted by Crippen LogP contribution is 2.10. The van der Waals surface area contributed by atoms with Crippen LogP contribution in [0.25, 0.3) is 11.0 Å². The first-order chi connectivity index (χ1) is 9.79. The fourth-order valence-electron chi connectivity index (χ4n) is 1.75. The van der Waals surface area contributed by atoms with E-state index in [1.54, 1.807) is 7.05 Å². The fourth-order valence-corrected chi connectivity index (χ4v) is 2.33. The molecule has 0 spiro atoms. The second-order valence-corrected chi connectivity index (χ2v) is 5.13. The van der Waals surface area contributed by atoms with Crippen LogP contribution in [-0.4, -0.2) is 41.9 Å². The topological polar surface area (TPSA) is 81.8 Å². The second-order valence-electron chi connectivity index (χ2n) is 4.23. The van der Waals surface area contributed by atoms with Gasteiger partial charge in [-0.2, -0.15) is 0 Å². The Hall–Kier alpha value is -1.73. The number of benzene rings is 1. The highest BCUT2D eigenvalue weighted by molar-refractivity contribution is 7.97. The lowest BCUT2D eigenvalue weighted by molar-refractivity contribution is 0.248. The van der Waals surface area contributed by atoms with Crippen LogP contribution in [0, 0.1) is 0 Å². The van der Waals surface area contributed by atoms with Gasteiger partial charge in [0.15, 0.2) is 0 Å². The van der Waals surface area contributed by atoms with Crippen LogP contribution < -0.4 is 15.4 Å². The zero-order chi connectivity index (χ0) is 14.2. The van der Waals surface area contributed by atoms with Crippen LogP contribution in [0.4, 0.5) is 4.79 Å². The molecule has 20 heavy (non-hydrogen) atoms. The van der Waals surface area contributed by atoms with Crippen LogP contribution in [0.15, 0.2) is 24.3 Å². The highest BCUT2D eigenvalue weighted by atomic mass is 32.2. The van der Waals surface area contributed by atoms with Gasteiger partial charge in [-0.15, -0.1) is 0 Å². The van der Waals surface area contributed by atoms with Gasteiger partial charge in [0.25, 0.3) is 0 Å². The van der Waals surface area contributed by atoms with E-state index in [-0.39, 0.29) is 6.03 Å². The van der Waals surface area contributed by atoms with Gasteiger partial charge in [-0.1, -0.05) is 12.1 Å². The fraction of sp³-hybridized carbons (Fsp3) is 0.385. The molecule has 6 nitrogen and oxygen atoms in total. The summed E-state index contributed by atoms with van der Waals surface area (Å²) in [5, 5.41) is 5.81. The molecule has 1 aromatic heterocycles. The standard InChI is InChI=1S/C13H19N5OS/c1-14-13(19)18-20-9-8-15-7-6-12-16-10-4-2-3-5-11(10)17-12/h2-5,15H,6-9H2,1H3,(H,16,17)(H2,14,18,19). The molecule has 4 N–H and O–H groups in total. The van der Waals surface area contributed by atoms with Crippen molar-refractivity contribution in [2.75, 3.05) is 25.9 Å². The van der Waals surface area contributed by atoms with Gasteiger partial charge in [0.05, 0.1) is 11.0 Å². The van der Waals surface area contributed by atoms with Crippen molar-refractivity contribution in [1.29, 1.82) is 0 Å². The van der Waals surface area contributed by atoms with Crippen LogP contribution >= 0.6 is 11.9 Å². The molecule has 1 heterocycles. The third kappa shape index (κ3) is 4.43. The lowest BCUT2D eigenvalue weighted by Crippen LogP contribution is -2.29. The first-order valence-corrected chi connectivity index (χ1v) is 7.52. The molecule has 0 atom stereocenters. The average molecular weight is 293 g/mol. The van der Waals surface area contributed by atoms with Crippen molar-refractivity contribution in [3.05, 3.63) is 30.1 Å². The van der Waals surface area contributed by atoms with E-state index < -0.39 is 0 Å². The van der Waals surface area contributed by atoms with Crippen molar-refractivity contribution in [3.8, 4) is 0 Å². The number of imidazole rings is 1. The Kier molecular flexibility index (Phi) is 5.69. The zero-order valence-corrected chi connectivity index (χ0v) is 12.2. The lowest BCUT2D eigenvalue weighted by atomic mass is 10.3. The van der Waals surface area contributed by atoms with Crippen LogP contribution in [0.1, 0.15) is 5.82 Å². The molecule has 0 bridgehead atoms. The van der Waals surface area contributed by atoms with Gasteiger partial charge in [0, 0.05) is 32.3 Å². The smallest absolute Gasteiger partial charge is 0.324 e. The van der Waals surface area contributed by atoms with Gasteiger partial charge in [0.2, 0.25) is 0 Å². The normalized spacial score (nSPS) is 10.7. The Morgan fingerprint density at radius 3 is 3.00 bits per heavy atom. The van der Waals surface area contributed by atoms with E-state index in [1.807, 2.05) is 24.3 Å². The highest BCUT2D eigenvalue weighted by Gasteiger charge is 2.01. The SMILES string of the molecule is CNC(=O)NSCCNCCc1nc2ccccc2[nH]1. The molecule has 1 aromatic carbocycles. The summed E-state index contributed by atoms with van der Waals surface area (Å²) >= 11 is 1.39. The Balaban J connectivity index is 1.60. The molecule has 2 amide bonds. The molecule has 0 saturated heterocycles. The molecular formula is C13H19N5OS. The van der Waals surface area contributed by atoms with Crippen molar-refractivity contribution in [3.63, 3.8) is 0 Å². The number of amides is 2. The van der Waals surface area contributed by atoms with E-state index in [4.69, 9.17) is 0 Å². The van der Waals surface area contributed by atoms with Gasteiger partial charge < -0.3 is 15.6 Å². The number of H-pyrrole nitrogens is 1. The van der Waals surface area contributed by atoms with Gasteiger partial charge in [-0.3, -0.25) is 4.72 Å². The summed E-state index contributed by atoms with van der Waals surface area (Å²) in [6.45, 7) is 1.70. The number of aromatic nitrogens is 2. The second kappa shape index (κ2) is 7.76. The molecule has 0 saturated carbocycles. The number of nitrogens with zero attached hydrogens (tertiary/aromatic N) is 1. The minimum Gasteiger partial charge on any atom is -0.342 e. The molecule has 0 aliphatic carbocycles. The van der Waals surface area contributed by atoms with E-state index in [2.05, 4.69) is 25.3 Å². The summed E-state index contributed by atoms with van der Waals surface area (Å²) in [4.78, 5) is 18.7. The molecule has 0 aliphatic rings. The summed E-state index contributed by atoms with van der Waals surface area (Å²) in [7, 11) is 1.60. The Morgan fingerprint density at radius 2 is 2.20 bits per heavy atom. The maximum absolute atomic E-state index is 10.9. The predicted octanol–water partition coefficient (Wildman–Crippen LogP) is 1.27. The third-order valence-corrected chi connectivity index (χ3v) is 3.49. The number of nitrogens with one attached hydrogen (secondary N) is 4. The molecule has 2 rings (SSSR count). The zero-order valence-electron chi connectivity index (χ0n) is 11.4. The molecule has 0 aliphatic heterocycles. The van der Waals surface area contributed by atoms with Gasteiger partial charge >= 0.3 is 6.03 Å². The van der Waals surface area contributed by atoms with Crippen LogP contribution in [0.5, 0.6) is 0 Å². The van der Waals surface area contributed by atoms with Crippen molar-refractivity contribution < 1.29 is 4.79 Å². The number of rotatable bonds is 7. The Labute approximate surface area is 122 Å². The number of carbonyl (C=O) groups excluding carboxylic acids is 1. The Bertz CT molecular complexity index is 523. The largest absolute Gasteiger partial charge is 0.342 e. The summed E-state index contributed by atoms with van der Waals surface area (Å²) in [6, 6.07) is 7.85. The van der Waals surface area contributed by atoms with Crippen molar-refractivity contribution in [2.24, 2.45) is 0 Å². The Morgan fingerprint density at radius 1 is 1.35 bits per heavy atom. The lowest BCUT2D eigenvalue weighted by Gasteiger charge is -2.04. The summed E-state index contributed by atoms with van der Waals surface area (Å²) in [6.07, 6.45) is 0.863. The predicted molar refractivity (Wildman–Crippen MR) is 82.7 cm³/mol.